The van der Waals surface area contributed by atoms with Crippen molar-refractivity contribution in [2.24, 2.45) is 7.05 Å². The highest BCUT2D eigenvalue weighted by Crippen LogP contribution is 2.22. The number of anilines is 1. The number of nitrogens with one attached hydrogen (secondary N) is 1. The van der Waals surface area contributed by atoms with E-state index in [0.717, 1.165) is 8.99 Å². The minimum atomic E-state index is -3.62. The summed E-state index contributed by atoms with van der Waals surface area (Å²) in [7, 11) is 0.693. The van der Waals surface area contributed by atoms with Gasteiger partial charge in [0, 0.05) is 32.9 Å². The average molecular weight is 350 g/mol. The second-order valence-corrected chi connectivity index (χ2v) is 7.52. The molecule has 1 N–H and O–H groups in total. The molecule has 8 nitrogen and oxygen atoms in total. The lowest BCUT2D eigenvalue weighted by molar-refractivity contribution is 0.102. The first-order chi connectivity index (χ1) is 11.1. The number of nitrogens with zero attached hydrogens (tertiary/aromatic N) is 3. The summed E-state index contributed by atoms with van der Waals surface area (Å²) >= 11 is 0. The second kappa shape index (κ2) is 6.54. The summed E-state index contributed by atoms with van der Waals surface area (Å²) in [5.41, 5.74) is 0.611. The van der Waals surface area contributed by atoms with Crippen molar-refractivity contribution in [3.8, 4) is 0 Å². The smallest absolute Gasteiger partial charge is 0.276 e. The number of sulfonamides is 1. The maximum Gasteiger partial charge on any atom is 0.276 e. The summed E-state index contributed by atoms with van der Waals surface area (Å²) < 4.78 is 26.8. The van der Waals surface area contributed by atoms with Gasteiger partial charge in [-0.15, -0.1) is 0 Å². The van der Waals surface area contributed by atoms with Crippen molar-refractivity contribution in [1.29, 1.82) is 0 Å². The number of aromatic nitrogens is 2. The first-order valence-electron chi connectivity index (χ1n) is 7.02. The fraction of sp³-hybridized carbons (Fsp3) is 0.267. The van der Waals surface area contributed by atoms with Crippen molar-refractivity contribution in [2.45, 2.75) is 11.8 Å². The van der Waals surface area contributed by atoms with Gasteiger partial charge in [0.1, 0.15) is 5.69 Å². The van der Waals surface area contributed by atoms with Gasteiger partial charge in [0.15, 0.2) is 0 Å². The third-order valence-corrected chi connectivity index (χ3v) is 5.35. The Bertz CT molecular complexity index is 948. The molecule has 0 aliphatic rings. The maximum absolute atomic E-state index is 12.3. The number of benzene rings is 1. The molecule has 1 heterocycles. The predicted molar refractivity (Wildman–Crippen MR) is 89.5 cm³/mol. The molecule has 0 saturated carbocycles. The van der Waals surface area contributed by atoms with E-state index in [1.807, 2.05) is 0 Å². The number of hydrogen-bond donors (Lipinski definition) is 1. The van der Waals surface area contributed by atoms with Gasteiger partial charge < -0.3 is 5.32 Å². The zero-order valence-electron chi connectivity index (χ0n) is 13.8. The van der Waals surface area contributed by atoms with E-state index >= 15 is 0 Å². The van der Waals surface area contributed by atoms with E-state index in [4.69, 9.17) is 0 Å². The summed E-state index contributed by atoms with van der Waals surface area (Å²) in [6.07, 6.45) is 0. The molecule has 0 unspecified atom stereocenters. The second-order valence-electron chi connectivity index (χ2n) is 5.40. The van der Waals surface area contributed by atoms with Crippen molar-refractivity contribution in [1.82, 2.24) is 14.1 Å². The van der Waals surface area contributed by atoms with Gasteiger partial charge in [-0.3, -0.25) is 9.59 Å². The monoisotopic (exact) mass is 350 g/mol. The van der Waals surface area contributed by atoms with Crippen molar-refractivity contribution in [3.63, 3.8) is 0 Å². The van der Waals surface area contributed by atoms with Crippen LogP contribution < -0.4 is 10.9 Å². The molecule has 2 rings (SSSR count). The third kappa shape index (κ3) is 3.52. The highest BCUT2D eigenvalue weighted by atomic mass is 32.2. The molecule has 0 spiro atoms. The molecule has 0 aliphatic carbocycles. The number of hydrogen-bond acceptors (Lipinski definition) is 5. The topological polar surface area (TPSA) is 101 Å². The first kappa shape index (κ1) is 17.8. The van der Waals surface area contributed by atoms with E-state index in [1.165, 1.54) is 39.3 Å². The van der Waals surface area contributed by atoms with Crippen LogP contribution in [0.5, 0.6) is 0 Å². The number of carbonyl (C=O) groups is 1. The molecule has 2 aromatic rings. The molecule has 1 aromatic carbocycles. The minimum Gasteiger partial charge on any atom is -0.321 e. The molecular weight excluding hydrogens is 332 g/mol. The van der Waals surface area contributed by atoms with Crippen molar-refractivity contribution in [2.75, 3.05) is 19.4 Å². The Labute approximate surface area is 139 Å². The van der Waals surface area contributed by atoms with E-state index in [2.05, 4.69) is 10.4 Å². The van der Waals surface area contributed by atoms with Crippen molar-refractivity contribution in [3.05, 3.63) is 51.9 Å². The number of carbonyl (C=O) groups excluding carboxylic acids is 1. The molecule has 1 amide bonds. The van der Waals surface area contributed by atoms with Gasteiger partial charge in [0.25, 0.3) is 11.5 Å². The predicted octanol–water partition coefficient (Wildman–Crippen LogP) is 0.591. The molecule has 0 radical (unpaired) electrons. The maximum atomic E-state index is 12.3. The van der Waals surface area contributed by atoms with Gasteiger partial charge >= 0.3 is 0 Å². The van der Waals surface area contributed by atoms with Crippen LogP contribution in [-0.2, 0) is 17.1 Å². The van der Waals surface area contributed by atoms with E-state index in [9.17, 15) is 18.0 Å². The lowest BCUT2D eigenvalue weighted by Crippen LogP contribution is -2.24. The van der Waals surface area contributed by atoms with Crippen LogP contribution in [0, 0.1) is 6.92 Å². The largest absolute Gasteiger partial charge is 0.321 e. The van der Waals surface area contributed by atoms with Gasteiger partial charge in [0.05, 0.1) is 4.90 Å². The van der Waals surface area contributed by atoms with Crippen molar-refractivity contribution < 1.29 is 13.2 Å². The average Bonchev–Trinajstić information content (AvgIpc) is 2.51. The lowest BCUT2D eigenvalue weighted by atomic mass is 10.2. The molecule has 0 fully saturated rings. The van der Waals surface area contributed by atoms with Crippen LogP contribution in [0.1, 0.15) is 16.1 Å². The summed E-state index contributed by atoms with van der Waals surface area (Å²) in [4.78, 5) is 23.6. The molecule has 1 aromatic heterocycles. The van der Waals surface area contributed by atoms with Crippen LogP contribution in [0.3, 0.4) is 0 Å². The first-order valence-corrected chi connectivity index (χ1v) is 8.46. The Balaban J connectivity index is 2.35. The van der Waals surface area contributed by atoms with Crippen LogP contribution in [0.25, 0.3) is 0 Å². The Morgan fingerprint density at radius 1 is 1.21 bits per heavy atom. The molecule has 0 aliphatic heterocycles. The Kier molecular flexibility index (Phi) is 4.86. The van der Waals surface area contributed by atoms with Gasteiger partial charge in [-0.2, -0.15) is 5.10 Å². The Morgan fingerprint density at radius 2 is 1.88 bits per heavy atom. The van der Waals surface area contributed by atoms with Gasteiger partial charge in [-0.05, 0) is 30.7 Å². The summed E-state index contributed by atoms with van der Waals surface area (Å²) in [6.45, 7) is 1.68. The molecule has 24 heavy (non-hydrogen) atoms. The molecule has 0 bridgehead atoms. The quantitative estimate of drug-likeness (QED) is 0.870. The number of amides is 1. The van der Waals surface area contributed by atoms with E-state index in [0.29, 0.717) is 11.3 Å². The van der Waals surface area contributed by atoms with Gasteiger partial charge in [-0.25, -0.2) is 17.4 Å². The molecule has 0 atom stereocenters. The van der Waals surface area contributed by atoms with Crippen LogP contribution in [-0.4, -0.2) is 42.5 Å². The van der Waals surface area contributed by atoms with Crippen LogP contribution in [0.15, 0.2) is 40.0 Å². The standard InChI is InChI=1S/C15H18N4O4S/c1-10-5-6-11(9-13(10)24(22,23)18(2)3)16-15(21)12-7-8-14(20)19(4)17-12/h5-9H,1-4H3,(H,16,21). The number of aryl methyl sites for hydroxylation is 2. The summed E-state index contributed by atoms with van der Waals surface area (Å²) in [5, 5.41) is 6.44. The Morgan fingerprint density at radius 3 is 2.46 bits per heavy atom. The molecule has 128 valence electrons. The minimum absolute atomic E-state index is 0.0506. The van der Waals surface area contributed by atoms with Gasteiger partial charge in [0.2, 0.25) is 10.0 Å². The molecule has 0 saturated heterocycles. The normalized spacial score (nSPS) is 11.5. The molecule has 9 heteroatoms. The van der Waals surface area contributed by atoms with E-state index < -0.39 is 15.9 Å². The van der Waals surface area contributed by atoms with E-state index in [1.54, 1.807) is 19.1 Å². The van der Waals surface area contributed by atoms with Crippen LogP contribution in [0.2, 0.25) is 0 Å². The Hall–Kier alpha value is -2.52. The fourth-order valence-corrected chi connectivity index (χ4v) is 3.12. The zero-order chi connectivity index (χ0) is 18.1. The number of rotatable bonds is 4. The highest BCUT2D eigenvalue weighted by Gasteiger charge is 2.20. The highest BCUT2D eigenvalue weighted by molar-refractivity contribution is 7.89. The van der Waals surface area contributed by atoms with Crippen LogP contribution in [0.4, 0.5) is 5.69 Å². The van der Waals surface area contributed by atoms with Crippen LogP contribution >= 0.6 is 0 Å². The zero-order valence-corrected chi connectivity index (χ0v) is 14.6. The third-order valence-electron chi connectivity index (χ3n) is 3.40. The summed E-state index contributed by atoms with van der Waals surface area (Å²) in [6, 6.07) is 7.15. The SMILES string of the molecule is Cc1ccc(NC(=O)c2ccc(=O)n(C)n2)cc1S(=O)(=O)N(C)C. The van der Waals surface area contributed by atoms with E-state index in [-0.39, 0.29) is 16.1 Å². The lowest BCUT2D eigenvalue weighted by Gasteiger charge is -2.15. The van der Waals surface area contributed by atoms with Gasteiger partial charge in [-0.1, -0.05) is 6.07 Å². The summed E-state index contributed by atoms with van der Waals surface area (Å²) in [5.74, 6) is -0.539. The molecular formula is C15H18N4O4S. The van der Waals surface area contributed by atoms with Crippen molar-refractivity contribution >= 4 is 21.6 Å². The fourth-order valence-electron chi connectivity index (χ4n) is 1.97.